The summed E-state index contributed by atoms with van der Waals surface area (Å²) in [6, 6.07) is 3.39. The first-order valence-corrected chi connectivity index (χ1v) is 5.68. The summed E-state index contributed by atoms with van der Waals surface area (Å²) >= 11 is 3.30. The van der Waals surface area contributed by atoms with Gasteiger partial charge in [-0.3, -0.25) is 0 Å². The number of aliphatic imine (C=N–C) groups is 2. The van der Waals surface area contributed by atoms with Gasteiger partial charge < -0.3 is 27.0 Å². The Kier molecular flexibility index (Phi) is 4.93. The zero-order chi connectivity index (χ0) is 13.7. The maximum Gasteiger partial charge on any atom is 0.223 e. The second-order valence-corrected chi connectivity index (χ2v) is 4.20. The topological polar surface area (TPSA) is 132 Å². The highest BCUT2D eigenvalue weighted by Crippen LogP contribution is 2.35. The zero-order valence-corrected chi connectivity index (χ0v) is 11.3. The van der Waals surface area contributed by atoms with Gasteiger partial charge in [0.25, 0.3) is 0 Å². The van der Waals surface area contributed by atoms with Gasteiger partial charge in [-0.25, -0.2) is 4.99 Å². The van der Waals surface area contributed by atoms with Crippen molar-refractivity contribution in [2.24, 2.45) is 27.2 Å². The molecule has 8 heteroatoms. The minimum atomic E-state index is -0.219. The maximum atomic E-state index is 9.29. The van der Waals surface area contributed by atoms with Crippen LogP contribution in [-0.4, -0.2) is 24.1 Å². The number of hydrogen-bond donors (Lipinski definition) is 4. The molecule has 0 saturated heterocycles. The number of nitrogens with two attached hydrogens (primary N) is 3. The molecule has 0 heterocycles. The normalized spacial score (nSPS) is 11.2. The van der Waals surface area contributed by atoms with Crippen LogP contribution in [0.1, 0.15) is 5.56 Å². The molecule has 0 spiro atoms. The van der Waals surface area contributed by atoms with Crippen LogP contribution in [-0.2, 0) is 6.61 Å². The van der Waals surface area contributed by atoms with Gasteiger partial charge in [-0.05, 0) is 12.1 Å². The standard InChI is InChI=1S/C10H14BrN5O2/c1-18-7-3-6(11)2-5(4-17)8(7)15-10(14)16-9(12)13/h2-3,17H,4H2,1H3,(H6,12,13,14,15,16). The van der Waals surface area contributed by atoms with Gasteiger partial charge in [0.15, 0.2) is 5.96 Å². The fraction of sp³-hybridized carbons (Fsp3) is 0.200. The number of aliphatic hydroxyl groups is 1. The molecule has 1 aromatic carbocycles. The average molecular weight is 316 g/mol. The highest BCUT2D eigenvalue weighted by Gasteiger charge is 2.10. The molecule has 1 rings (SSSR count). The fourth-order valence-electron chi connectivity index (χ4n) is 1.30. The second kappa shape index (κ2) is 6.22. The highest BCUT2D eigenvalue weighted by atomic mass is 79.9. The molecule has 0 fully saturated rings. The van der Waals surface area contributed by atoms with Gasteiger partial charge in [0.05, 0.1) is 13.7 Å². The van der Waals surface area contributed by atoms with Crippen LogP contribution in [0.3, 0.4) is 0 Å². The highest BCUT2D eigenvalue weighted by molar-refractivity contribution is 9.10. The van der Waals surface area contributed by atoms with Crippen LogP contribution < -0.4 is 21.9 Å². The average Bonchev–Trinajstić information content (AvgIpc) is 2.29. The lowest BCUT2D eigenvalue weighted by atomic mass is 10.2. The summed E-state index contributed by atoms with van der Waals surface area (Å²) in [5, 5.41) is 9.29. The van der Waals surface area contributed by atoms with E-state index in [2.05, 4.69) is 25.9 Å². The van der Waals surface area contributed by atoms with E-state index < -0.39 is 0 Å². The molecule has 98 valence electrons. The summed E-state index contributed by atoms with van der Waals surface area (Å²) in [7, 11) is 1.48. The third-order valence-electron chi connectivity index (χ3n) is 1.98. The zero-order valence-electron chi connectivity index (χ0n) is 9.72. The number of rotatable bonds is 3. The summed E-state index contributed by atoms with van der Waals surface area (Å²) < 4.78 is 5.91. The maximum absolute atomic E-state index is 9.29. The number of halogens is 1. The first-order valence-electron chi connectivity index (χ1n) is 4.89. The molecule has 0 aliphatic heterocycles. The Labute approximate surface area is 112 Å². The third-order valence-corrected chi connectivity index (χ3v) is 2.44. The number of aliphatic hydroxyl groups excluding tert-OH is 1. The van der Waals surface area contributed by atoms with Crippen molar-refractivity contribution in [3.05, 3.63) is 22.2 Å². The van der Waals surface area contributed by atoms with Gasteiger partial charge in [-0.15, -0.1) is 0 Å². The van der Waals surface area contributed by atoms with Crippen molar-refractivity contribution in [1.82, 2.24) is 0 Å². The summed E-state index contributed by atoms with van der Waals surface area (Å²) in [6.07, 6.45) is 0. The molecule has 0 saturated carbocycles. The summed E-state index contributed by atoms with van der Waals surface area (Å²) in [5.41, 5.74) is 16.8. The van der Waals surface area contributed by atoms with E-state index in [0.717, 1.165) is 4.47 Å². The lowest BCUT2D eigenvalue weighted by Gasteiger charge is -2.09. The largest absolute Gasteiger partial charge is 0.494 e. The van der Waals surface area contributed by atoms with Crippen molar-refractivity contribution >= 4 is 33.5 Å². The summed E-state index contributed by atoms with van der Waals surface area (Å²) in [5.74, 6) is 0.130. The third kappa shape index (κ3) is 3.60. The van der Waals surface area contributed by atoms with Crippen molar-refractivity contribution < 1.29 is 9.84 Å². The van der Waals surface area contributed by atoms with Crippen molar-refractivity contribution in [2.75, 3.05) is 7.11 Å². The molecule has 0 radical (unpaired) electrons. The summed E-state index contributed by atoms with van der Waals surface area (Å²) in [6.45, 7) is -0.219. The van der Waals surface area contributed by atoms with Gasteiger partial charge >= 0.3 is 0 Å². The van der Waals surface area contributed by atoms with E-state index in [1.807, 2.05) is 0 Å². The number of ether oxygens (including phenoxy) is 1. The fourth-order valence-corrected chi connectivity index (χ4v) is 1.79. The van der Waals surface area contributed by atoms with Gasteiger partial charge in [0.1, 0.15) is 11.4 Å². The van der Waals surface area contributed by atoms with E-state index in [9.17, 15) is 5.11 Å². The molecule has 0 aromatic heterocycles. The Morgan fingerprint density at radius 3 is 2.56 bits per heavy atom. The Morgan fingerprint density at radius 2 is 2.06 bits per heavy atom. The lowest BCUT2D eigenvalue weighted by molar-refractivity contribution is 0.281. The lowest BCUT2D eigenvalue weighted by Crippen LogP contribution is -2.26. The van der Waals surface area contributed by atoms with E-state index in [1.54, 1.807) is 12.1 Å². The van der Waals surface area contributed by atoms with E-state index >= 15 is 0 Å². The van der Waals surface area contributed by atoms with Gasteiger partial charge in [-0.2, -0.15) is 4.99 Å². The van der Waals surface area contributed by atoms with Gasteiger partial charge in [-0.1, -0.05) is 15.9 Å². The Bertz CT molecular complexity index is 472. The number of nitrogens with zero attached hydrogens (tertiary/aromatic N) is 2. The number of guanidine groups is 2. The van der Waals surface area contributed by atoms with Gasteiger partial charge in [0, 0.05) is 10.0 Å². The van der Waals surface area contributed by atoms with Gasteiger partial charge in [0.2, 0.25) is 5.96 Å². The van der Waals surface area contributed by atoms with Crippen molar-refractivity contribution in [1.29, 1.82) is 0 Å². The Morgan fingerprint density at radius 1 is 1.39 bits per heavy atom. The molecular formula is C10H14BrN5O2. The monoisotopic (exact) mass is 315 g/mol. The van der Waals surface area contributed by atoms with Crippen LogP contribution in [0, 0.1) is 0 Å². The number of hydrogen-bond acceptors (Lipinski definition) is 3. The van der Waals surface area contributed by atoms with Crippen LogP contribution in [0.4, 0.5) is 5.69 Å². The van der Waals surface area contributed by atoms with Crippen LogP contribution >= 0.6 is 15.9 Å². The molecule has 0 unspecified atom stereocenters. The quantitative estimate of drug-likeness (QED) is 0.466. The minimum Gasteiger partial charge on any atom is -0.494 e. The molecule has 0 bridgehead atoms. The molecule has 0 aliphatic rings. The smallest absolute Gasteiger partial charge is 0.223 e. The number of benzene rings is 1. The van der Waals surface area contributed by atoms with Crippen molar-refractivity contribution in [3.8, 4) is 5.75 Å². The van der Waals surface area contributed by atoms with Crippen molar-refractivity contribution in [3.63, 3.8) is 0 Å². The van der Waals surface area contributed by atoms with Crippen LogP contribution in [0.25, 0.3) is 0 Å². The molecule has 18 heavy (non-hydrogen) atoms. The van der Waals surface area contributed by atoms with Crippen LogP contribution in [0.15, 0.2) is 26.6 Å². The molecule has 0 atom stereocenters. The first-order chi connectivity index (χ1) is 8.47. The van der Waals surface area contributed by atoms with E-state index in [4.69, 9.17) is 21.9 Å². The van der Waals surface area contributed by atoms with E-state index in [0.29, 0.717) is 17.0 Å². The Balaban J connectivity index is 3.34. The minimum absolute atomic E-state index is 0.120. The summed E-state index contributed by atoms with van der Waals surface area (Å²) in [4.78, 5) is 7.62. The predicted octanol–water partition coefficient (Wildman–Crippen LogP) is 0.170. The van der Waals surface area contributed by atoms with E-state index in [-0.39, 0.29) is 18.5 Å². The molecule has 0 aliphatic carbocycles. The molecule has 7 N–H and O–H groups in total. The van der Waals surface area contributed by atoms with Crippen molar-refractivity contribution in [2.45, 2.75) is 6.61 Å². The SMILES string of the molecule is COc1cc(Br)cc(CO)c1N=C(N)N=C(N)N. The first kappa shape index (κ1) is 14.3. The molecular weight excluding hydrogens is 302 g/mol. The molecule has 7 nitrogen and oxygen atoms in total. The Hall–Kier alpha value is -1.80. The van der Waals surface area contributed by atoms with Crippen LogP contribution in [0.5, 0.6) is 5.75 Å². The molecule has 1 aromatic rings. The van der Waals surface area contributed by atoms with Crippen LogP contribution in [0.2, 0.25) is 0 Å². The van der Waals surface area contributed by atoms with E-state index in [1.165, 1.54) is 7.11 Å². The second-order valence-electron chi connectivity index (χ2n) is 3.28. The predicted molar refractivity (Wildman–Crippen MR) is 73.7 cm³/mol. The molecule has 0 amide bonds. The number of methoxy groups -OCH3 is 1.